The van der Waals surface area contributed by atoms with Crippen LogP contribution in [0.25, 0.3) is 5.57 Å². The van der Waals surface area contributed by atoms with Crippen molar-refractivity contribution in [2.24, 2.45) is 0 Å². The van der Waals surface area contributed by atoms with Gasteiger partial charge in [0, 0.05) is 17.8 Å². The Morgan fingerprint density at radius 1 is 1.25 bits per heavy atom. The molecular formula is C18H24F3N3O4. The zero-order valence-corrected chi connectivity index (χ0v) is 16.7. The minimum Gasteiger partial charge on any atom is -0.461 e. The van der Waals surface area contributed by atoms with E-state index in [0.717, 1.165) is 4.90 Å². The molecule has 2 rings (SSSR count). The lowest BCUT2D eigenvalue weighted by molar-refractivity contribution is -0.0703. The van der Waals surface area contributed by atoms with Crippen molar-refractivity contribution in [3.8, 4) is 0 Å². The van der Waals surface area contributed by atoms with Crippen LogP contribution in [0.1, 0.15) is 69.3 Å². The molecule has 1 aromatic rings. The summed E-state index contributed by atoms with van der Waals surface area (Å²) in [6, 6.07) is -0.394. The number of ether oxygens (including phenoxy) is 2. The van der Waals surface area contributed by atoms with Crippen molar-refractivity contribution >= 4 is 17.6 Å². The van der Waals surface area contributed by atoms with Crippen LogP contribution in [0.2, 0.25) is 0 Å². The van der Waals surface area contributed by atoms with Crippen molar-refractivity contribution in [1.29, 1.82) is 0 Å². The molecule has 1 aromatic heterocycles. The molecule has 10 heteroatoms. The minimum absolute atomic E-state index is 0.0205. The van der Waals surface area contributed by atoms with Gasteiger partial charge in [-0.15, -0.1) is 0 Å². The lowest BCUT2D eigenvalue weighted by atomic mass is 10.0. The quantitative estimate of drug-likeness (QED) is 0.704. The molecule has 28 heavy (non-hydrogen) atoms. The number of alkyl halides is 3. The van der Waals surface area contributed by atoms with E-state index >= 15 is 0 Å². The van der Waals surface area contributed by atoms with Crippen LogP contribution in [-0.2, 0) is 16.0 Å². The molecule has 0 aromatic carbocycles. The summed E-state index contributed by atoms with van der Waals surface area (Å²) < 4.78 is 52.4. The van der Waals surface area contributed by atoms with Gasteiger partial charge in [-0.1, -0.05) is 0 Å². The minimum atomic E-state index is -4.78. The van der Waals surface area contributed by atoms with Gasteiger partial charge >= 0.3 is 18.2 Å². The second kappa shape index (κ2) is 7.48. The Balaban J connectivity index is 2.63. The summed E-state index contributed by atoms with van der Waals surface area (Å²) in [6.45, 7) is 9.54. The fraction of sp³-hybridized carbons (Fsp3) is 0.611. The smallest absolute Gasteiger partial charge is 0.419 e. The van der Waals surface area contributed by atoms with E-state index in [2.05, 4.69) is 5.10 Å². The van der Waals surface area contributed by atoms with E-state index < -0.39 is 35.5 Å². The number of carbonyl (C=O) groups is 2. The summed E-state index contributed by atoms with van der Waals surface area (Å²) in [6.07, 6.45) is -5.06. The zero-order valence-electron chi connectivity index (χ0n) is 16.7. The number of allylic oxidation sites excluding steroid dienone is 1. The Kier molecular flexibility index (Phi) is 5.82. The van der Waals surface area contributed by atoms with Crippen molar-refractivity contribution in [2.75, 3.05) is 6.61 Å². The summed E-state index contributed by atoms with van der Waals surface area (Å²) in [5, 5.41) is 4.02. The second-order valence-corrected chi connectivity index (χ2v) is 7.58. The van der Waals surface area contributed by atoms with Gasteiger partial charge in [-0.3, -0.25) is 9.58 Å². The highest BCUT2D eigenvalue weighted by Gasteiger charge is 2.44. The van der Waals surface area contributed by atoms with Crippen LogP contribution in [0.3, 0.4) is 0 Å². The monoisotopic (exact) mass is 403 g/mol. The maximum atomic E-state index is 13.7. The number of carbonyl (C=O) groups excluding carboxylic acids is 2. The van der Waals surface area contributed by atoms with Crippen molar-refractivity contribution in [1.82, 2.24) is 14.7 Å². The van der Waals surface area contributed by atoms with Crippen molar-refractivity contribution < 1.29 is 32.2 Å². The topological polar surface area (TPSA) is 73.7 Å². The van der Waals surface area contributed by atoms with Gasteiger partial charge in [0.25, 0.3) is 0 Å². The molecule has 0 saturated carbocycles. The van der Waals surface area contributed by atoms with Crippen LogP contribution < -0.4 is 0 Å². The largest absolute Gasteiger partial charge is 0.461 e. The molecule has 0 N–H and O–H groups in total. The van der Waals surface area contributed by atoms with Crippen LogP contribution in [0.15, 0.2) is 6.20 Å². The molecule has 1 amide bonds. The molecule has 0 spiro atoms. The number of hydrogen-bond acceptors (Lipinski definition) is 5. The highest BCUT2D eigenvalue weighted by molar-refractivity contribution is 5.92. The molecule has 7 nitrogen and oxygen atoms in total. The Morgan fingerprint density at radius 2 is 1.86 bits per heavy atom. The molecule has 0 radical (unpaired) electrons. The predicted molar refractivity (Wildman–Crippen MR) is 94.4 cm³/mol. The van der Waals surface area contributed by atoms with E-state index in [0.29, 0.717) is 6.20 Å². The van der Waals surface area contributed by atoms with E-state index in [1.165, 1.54) is 4.68 Å². The molecule has 0 bridgehead atoms. The number of nitrogens with zero attached hydrogens (tertiary/aromatic N) is 3. The number of fused-ring (bicyclic) bond motifs is 1. The standard InChI is InChI=1S/C18H24F3N3O4/c1-7-27-15(25)14-11-8-23(16(26)28-17(4,5)6)9-12(18(19,20)21)13(11)22-24(14)10(2)3/h9-10H,7-8H2,1-6H3. The summed E-state index contributed by atoms with van der Waals surface area (Å²) in [4.78, 5) is 25.6. The number of amides is 1. The second-order valence-electron chi connectivity index (χ2n) is 7.58. The Hall–Kier alpha value is -2.52. The summed E-state index contributed by atoms with van der Waals surface area (Å²) in [7, 11) is 0. The number of halogens is 3. The van der Waals surface area contributed by atoms with E-state index in [9.17, 15) is 22.8 Å². The average molecular weight is 403 g/mol. The zero-order chi connectivity index (χ0) is 21.4. The molecule has 0 aliphatic carbocycles. The van der Waals surface area contributed by atoms with E-state index in [1.807, 2.05) is 0 Å². The SMILES string of the molecule is CCOC(=O)c1c2c(nn1C(C)C)C(C(F)(F)F)=CN(C(=O)OC(C)(C)C)C2. The lowest BCUT2D eigenvalue weighted by Crippen LogP contribution is -2.36. The Morgan fingerprint density at radius 3 is 2.32 bits per heavy atom. The van der Waals surface area contributed by atoms with Gasteiger partial charge in [0.1, 0.15) is 11.3 Å². The maximum absolute atomic E-state index is 13.7. The first-order chi connectivity index (χ1) is 12.8. The van der Waals surface area contributed by atoms with Gasteiger partial charge in [-0.05, 0) is 41.5 Å². The van der Waals surface area contributed by atoms with Gasteiger partial charge in [0.15, 0.2) is 5.69 Å². The number of hydrogen-bond donors (Lipinski definition) is 0. The first-order valence-electron chi connectivity index (χ1n) is 8.83. The van der Waals surface area contributed by atoms with Gasteiger partial charge in [-0.25, -0.2) is 9.59 Å². The van der Waals surface area contributed by atoms with E-state index in [-0.39, 0.29) is 30.1 Å². The molecule has 0 atom stereocenters. The fourth-order valence-corrected chi connectivity index (χ4v) is 2.70. The third kappa shape index (κ3) is 4.48. The third-order valence-corrected chi connectivity index (χ3v) is 3.77. The molecule has 156 valence electrons. The van der Waals surface area contributed by atoms with Gasteiger partial charge in [-0.2, -0.15) is 18.3 Å². The average Bonchev–Trinajstić information content (AvgIpc) is 2.91. The van der Waals surface area contributed by atoms with Crippen LogP contribution in [0, 0.1) is 0 Å². The van der Waals surface area contributed by atoms with Crippen LogP contribution >= 0.6 is 0 Å². The van der Waals surface area contributed by atoms with E-state index in [1.54, 1.807) is 41.5 Å². The predicted octanol–water partition coefficient (Wildman–Crippen LogP) is 4.29. The summed E-state index contributed by atoms with van der Waals surface area (Å²) in [5.74, 6) is -0.794. The van der Waals surface area contributed by atoms with Crippen molar-refractivity contribution in [2.45, 2.75) is 65.9 Å². The Bertz CT molecular complexity index is 804. The molecule has 0 unspecified atom stereocenters. The molecule has 1 aliphatic rings. The fourth-order valence-electron chi connectivity index (χ4n) is 2.70. The summed E-state index contributed by atoms with van der Waals surface area (Å²) >= 11 is 0. The van der Waals surface area contributed by atoms with Gasteiger partial charge < -0.3 is 9.47 Å². The van der Waals surface area contributed by atoms with Crippen LogP contribution in [0.5, 0.6) is 0 Å². The van der Waals surface area contributed by atoms with Gasteiger partial charge in [0.05, 0.1) is 18.7 Å². The number of aromatic nitrogens is 2. The number of rotatable bonds is 3. The molecule has 0 saturated heterocycles. The normalized spacial score (nSPS) is 14.6. The van der Waals surface area contributed by atoms with Crippen LogP contribution in [0.4, 0.5) is 18.0 Å². The first kappa shape index (κ1) is 21.8. The lowest BCUT2D eigenvalue weighted by Gasteiger charge is -2.28. The van der Waals surface area contributed by atoms with Crippen molar-refractivity contribution in [3.63, 3.8) is 0 Å². The van der Waals surface area contributed by atoms with Gasteiger partial charge in [0.2, 0.25) is 0 Å². The third-order valence-electron chi connectivity index (χ3n) is 3.77. The summed E-state index contributed by atoms with van der Waals surface area (Å²) in [5.41, 5.74) is -2.52. The molecular weight excluding hydrogens is 379 g/mol. The highest BCUT2D eigenvalue weighted by atomic mass is 19.4. The number of esters is 1. The van der Waals surface area contributed by atoms with Crippen molar-refractivity contribution in [3.05, 3.63) is 23.2 Å². The Labute approximate surface area is 161 Å². The molecule has 0 fully saturated rings. The molecule has 1 aliphatic heterocycles. The highest BCUT2D eigenvalue weighted by Crippen LogP contribution is 2.40. The molecule has 2 heterocycles. The van der Waals surface area contributed by atoms with E-state index in [4.69, 9.17) is 9.47 Å². The van der Waals surface area contributed by atoms with Crippen LogP contribution in [-0.4, -0.2) is 45.1 Å². The maximum Gasteiger partial charge on any atom is 0.419 e. The first-order valence-corrected chi connectivity index (χ1v) is 8.83.